The number of carbonyl (C=O) groups excluding carboxylic acids is 2. The van der Waals surface area contributed by atoms with E-state index in [0.29, 0.717) is 29.0 Å². The molecule has 140 valence electrons. The van der Waals surface area contributed by atoms with Gasteiger partial charge in [-0.15, -0.1) is 11.3 Å². The second-order valence-corrected chi connectivity index (χ2v) is 7.95. The Hall–Kier alpha value is -2.60. The van der Waals surface area contributed by atoms with E-state index in [9.17, 15) is 9.59 Å². The molecule has 1 N–H and O–H groups in total. The van der Waals surface area contributed by atoms with Gasteiger partial charge in [-0.1, -0.05) is 6.07 Å². The number of nitrogens with one attached hydrogen (secondary N) is 1. The van der Waals surface area contributed by atoms with Gasteiger partial charge in [0.25, 0.3) is 0 Å². The van der Waals surface area contributed by atoms with E-state index in [4.69, 9.17) is 9.15 Å². The lowest BCUT2D eigenvalue weighted by atomic mass is 9.74. The average molecular weight is 383 g/mol. The molecule has 0 amide bonds. The third-order valence-corrected chi connectivity index (χ3v) is 6.26. The summed E-state index contributed by atoms with van der Waals surface area (Å²) in [6, 6.07) is 7.78. The molecular formula is C21H21NO4S. The van der Waals surface area contributed by atoms with Crippen molar-refractivity contribution in [3.05, 3.63) is 68.6 Å². The van der Waals surface area contributed by atoms with Crippen molar-refractivity contribution >= 4 is 23.1 Å². The molecule has 0 spiro atoms. The summed E-state index contributed by atoms with van der Waals surface area (Å²) in [5.74, 6) is 0.583. The maximum absolute atomic E-state index is 13.2. The summed E-state index contributed by atoms with van der Waals surface area (Å²) in [6.45, 7) is 3.70. The first-order chi connectivity index (χ1) is 13.0. The predicted molar refractivity (Wildman–Crippen MR) is 102 cm³/mol. The molecule has 5 nitrogen and oxygen atoms in total. The molecule has 1 aliphatic heterocycles. The number of methoxy groups -OCH3 is 1. The van der Waals surface area contributed by atoms with Crippen molar-refractivity contribution in [1.82, 2.24) is 5.32 Å². The van der Waals surface area contributed by atoms with E-state index in [1.165, 1.54) is 12.0 Å². The van der Waals surface area contributed by atoms with Gasteiger partial charge in [0, 0.05) is 34.2 Å². The van der Waals surface area contributed by atoms with E-state index in [-0.39, 0.29) is 11.7 Å². The maximum Gasteiger partial charge on any atom is 0.336 e. The Kier molecular flexibility index (Phi) is 4.52. The van der Waals surface area contributed by atoms with Gasteiger partial charge in [0.05, 0.1) is 18.6 Å². The van der Waals surface area contributed by atoms with Crippen LogP contribution in [0.25, 0.3) is 0 Å². The van der Waals surface area contributed by atoms with E-state index >= 15 is 0 Å². The molecule has 2 unspecified atom stereocenters. The van der Waals surface area contributed by atoms with Crippen LogP contribution in [0, 0.1) is 6.92 Å². The molecule has 0 aromatic carbocycles. The van der Waals surface area contributed by atoms with Crippen molar-refractivity contribution in [2.24, 2.45) is 0 Å². The number of hydrogen-bond donors (Lipinski definition) is 1. The summed E-state index contributed by atoms with van der Waals surface area (Å²) in [4.78, 5) is 26.9. The van der Waals surface area contributed by atoms with Crippen molar-refractivity contribution in [2.75, 3.05) is 7.11 Å². The number of aryl methyl sites for hydroxylation is 1. The molecule has 2 aliphatic rings. The van der Waals surface area contributed by atoms with Gasteiger partial charge >= 0.3 is 5.97 Å². The first-order valence-corrected chi connectivity index (χ1v) is 9.79. The van der Waals surface area contributed by atoms with Crippen LogP contribution in [0.5, 0.6) is 0 Å². The van der Waals surface area contributed by atoms with E-state index in [1.54, 1.807) is 11.3 Å². The lowest BCUT2D eigenvalue weighted by molar-refractivity contribution is -0.136. The van der Waals surface area contributed by atoms with Crippen molar-refractivity contribution in [3.63, 3.8) is 0 Å². The fraction of sp³-hybridized carbons (Fsp3) is 0.333. The predicted octanol–water partition coefficient (Wildman–Crippen LogP) is 4.18. The molecule has 0 fully saturated rings. The smallest absolute Gasteiger partial charge is 0.336 e. The van der Waals surface area contributed by atoms with Crippen molar-refractivity contribution < 1.29 is 18.7 Å². The van der Waals surface area contributed by atoms with E-state index in [2.05, 4.69) is 11.4 Å². The van der Waals surface area contributed by atoms with Crippen molar-refractivity contribution in [1.29, 1.82) is 0 Å². The van der Waals surface area contributed by atoms with Gasteiger partial charge in [0.2, 0.25) is 0 Å². The zero-order chi connectivity index (χ0) is 19.1. The molecule has 27 heavy (non-hydrogen) atoms. The lowest BCUT2D eigenvalue weighted by Gasteiger charge is -2.35. The minimum absolute atomic E-state index is 0.0510. The van der Waals surface area contributed by atoms with Crippen molar-refractivity contribution in [2.45, 2.75) is 38.5 Å². The lowest BCUT2D eigenvalue weighted by Crippen LogP contribution is -2.35. The Bertz CT molecular complexity index is 964. The molecule has 2 aromatic heterocycles. The molecule has 1 aliphatic carbocycles. The Morgan fingerprint density at radius 2 is 2.07 bits per heavy atom. The van der Waals surface area contributed by atoms with Gasteiger partial charge in [0.15, 0.2) is 5.78 Å². The van der Waals surface area contributed by atoms with E-state index < -0.39 is 11.9 Å². The molecule has 3 heterocycles. The SMILES string of the molecule is COC(=O)C1=C(C)NC2=C(C(=O)CC(c3cccs3)C2)C1c1ccc(C)o1. The van der Waals surface area contributed by atoms with Crippen LogP contribution in [-0.4, -0.2) is 18.9 Å². The number of furan rings is 1. The summed E-state index contributed by atoms with van der Waals surface area (Å²) in [6.07, 6.45) is 1.17. The van der Waals surface area contributed by atoms with Crippen LogP contribution >= 0.6 is 11.3 Å². The number of thiophene rings is 1. The number of carbonyl (C=O) groups is 2. The van der Waals surface area contributed by atoms with Crippen LogP contribution < -0.4 is 5.32 Å². The van der Waals surface area contributed by atoms with E-state index in [1.807, 2.05) is 37.4 Å². The normalized spacial score (nSPS) is 22.6. The van der Waals surface area contributed by atoms with Crippen LogP contribution in [0.4, 0.5) is 0 Å². The number of esters is 1. The highest BCUT2D eigenvalue weighted by atomic mass is 32.1. The zero-order valence-electron chi connectivity index (χ0n) is 15.5. The number of Topliss-reactive ketones (excluding diaryl/α,β-unsaturated/α-hetero) is 1. The summed E-state index contributed by atoms with van der Waals surface area (Å²) in [5.41, 5.74) is 2.66. The summed E-state index contributed by atoms with van der Waals surface area (Å²) in [7, 11) is 1.35. The number of dihydropyridines is 1. The van der Waals surface area contributed by atoms with Gasteiger partial charge in [-0.2, -0.15) is 0 Å². The van der Waals surface area contributed by atoms with Crippen LogP contribution in [0.1, 0.15) is 48.0 Å². The van der Waals surface area contributed by atoms with Gasteiger partial charge in [-0.3, -0.25) is 4.79 Å². The highest BCUT2D eigenvalue weighted by Crippen LogP contribution is 2.46. The topological polar surface area (TPSA) is 68.5 Å². The maximum atomic E-state index is 13.2. The number of rotatable bonds is 3. The van der Waals surface area contributed by atoms with Crippen molar-refractivity contribution in [3.8, 4) is 0 Å². The molecule has 0 bridgehead atoms. The summed E-state index contributed by atoms with van der Waals surface area (Å²) in [5, 5.41) is 5.35. The molecule has 2 atom stereocenters. The van der Waals surface area contributed by atoms with Gasteiger partial charge in [0.1, 0.15) is 11.5 Å². The summed E-state index contributed by atoms with van der Waals surface area (Å²) >= 11 is 1.67. The highest BCUT2D eigenvalue weighted by molar-refractivity contribution is 7.10. The zero-order valence-corrected chi connectivity index (χ0v) is 16.3. The minimum atomic E-state index is -0.529. The fourth-order valence-electron chi connectivity index (χ4n) is 4.04. The molecule has 0 saturated carbocycles. The molecule has 0 saturated heterocycles. The molecular weight excluding hydrogens is 362 g/mol. The summed E-state index contributed by atoms with van der Waals surface area (Å²) < 4.78 is 10.8. The average Bonchev–Trinajstić information content (AvgIpc) is 3.31. The van der Waals surface area contributed by atoms with Gasteiger partial charge in [-0.05, 0) is 43.8 Å². The quantitative estimate of drug-likeness (QED) is 0.805. The third-order valence-electron chi connectivity index (χ3n) is 5.22. The van der Waals surface area contributed by atoms with Gasteiger partial charge in [-0.25, -0.2) is 4.79 Å². The Morgan fingerprint density at radius 3 is 2.70 bits per heavy atom. The highest BCUT2D eigenvalue weighted by Gasteiger charge is 2.42. The monoisotopic (exact) mass is 383 g/mol. The van der Waals surface area contributed by atoms with Crippen LogP contribution in [0.15, 0.2) is 56.6 Å². The number of ether oxygens (including phenoxy) is 1. The number of allylic oxidation sites excluding steroid dienone is 3. The number of hydrogen-bond acceptors (Lipinski definition) is 6. The Balaban J connectivity index is 1.81. The second kappa shape index (κ2) is 6.85. The first-order valence-electron chi connectivity index (χ1n) is 8.91. The van der Waals surface area contributed by atoms with Crippen LogP contribution in [0.3, 0.4) is 0 Å². The molecule has 2 aromatic rings. The Morgan fingerprint density at radius 1 is 1.26 bits per heavy atom. The molecule has 0 radical (unpaired) electrons. The van der Waals surface area contributed by atoms with E-state index in [0.717, 1.165) is 17.9 Å². The molecule has 6 heteroatoms. The second-order valence-electron chi connectivity index (χ2n) is 6.97. The molecule has 4 rings (SSSR count). The van der Waals surface area contributed by atoms with Crippen LogP contribution in [0.2, 0.25) is 0 Å². The standard InChI is InChI=1S/C21H21NO4S/c1-11-6-7-16(26-11)20-18(21(24)25-3)12(2)22-14-9-13(10-15(23)19(14)20)17-5-4-8-27-17/h4-8,13,20,22H,9-10H2,1-3H3. The largest absolute Gasteiger partial charge is 0.466 e. The first kappa shape index (κ1) is 17.8. The van der Waals surface area contributed by atoms with Crippen LogP contribution in [-0.2, 0) is 14.3 Å². The fourth-order valence-corrected chi connectivity index (χ4v) is 4.87. The Labute approximate surface area is 161 Å². The number of ketones is 1. The minimum Gasteiger partial charge on any atom is -0.466 e. The van der Waals surface area contributed by atoms with Gasteiger partial charge < -0.3 is 14.5 Å². The third kappa shape index (κ3) is 3.04.